The Morgan fingerprint density at radius 1 is 1.12 bits per heavy atom. The van der Waals surface area contributed by atoms with Gasteiger partial charge in [0, 0.05) is 49.3 Å². The molecule has 5 rings (SSSR count). The summed E-state index contributed by atoms with van der Waals surface area (Å²) in [5.41, 5.74) is 4.58. The summed E-state index contributed by atoms with van der Waals surface area (Å²) in [4.78, 5) is 29.1. The molecule has 4 aromatic rings. The van der Waals surface area contributed by atoms with Crippen LogP contribution in [-0.4, -0.2) is 48.2 Å². The third-order valence-corrected chi connectivity index (χ3v) is 6.30. The molecule has 2 amide bonds. The van der Waals surface area contributed by atoms with Gasteiger partial charge in [-0.2, -0.15) is 0 Å². The minimum atomic E-state index is -0.257. The Kier molecular flexibility index (Phi) is 6.03. The first-order valence-electron chi connectivity index (χ1n) is 11.6. The number of nitrogens with zero attached hydrogens (tertiary/aromatic N) is 4. The van der Waals surface area contributed by atoms with Gasteiger partial charge in [0.1, 0.15) is 17.8 Å². The molecule has 0 bridgehead atoms. The first kappa shape index (κ1) is 21.8. The highest BCUT2D eigenvalue weighted by Crippen LogP contribution is 2.33. The largest absolute Gasteiger partial charge is 0.376 e. The first-order valence-corrected chi connectivity index (χ1v) is 11.6. The van der Waals surface area contributed by atoms with Crippen molar-refractivity contribution >= 4 is 39.9 Å². The van der Waals surface area contributed by atoms with Crippen LogP contribution in [0.3, 0.4) is 0 Å². The van der Waals surface area contributed by atoms with E-state index in [2.05, 4.69) is 42.6 Å². The zero-order valence-electron chi connectivity index (χ0n) is 19.5. The number of para-hydroxylation sites is 2. The normalized spacial score (nSPS) is 15.8. The number of hydrogen-bond donors (Lipinski definition) is 3. The highest BCUT2D eigenvalue weighted by atomic mass is 16.2. The van der Waals surface area contributed by atoms with Crippen LogP contribution in [0.5, 0.6) is 0 Å². The molecule has 1 saturated heterocycles. The van der Waals surface area contributed by atoms with Crippen LogP contribution in [0.4, 0.5) is 27.7 Å². The first-order chi connectivity index (χ1) is 16.6. The fraction of sp³-hybridized carbons (Fsp3) is 0.269. The predicted octanol–water partition coefficient (Wildman–Crippen LogP) is 5.79. The van der Waals surface area contributed by atoms with Gasteiger partial charge in [-0.15, -0.1) is 0 Å². The summed E-state index contributed by atoms with van der Waals surface area (Å²) >= 11 is 0. The number of carbonyl (C=O) groups excluding carboxylic acids is 1. The summed E-state index contributed by atoms with van der Waals surface area (Å²) in [7, 11) is 3.91. The third kappa shape index (κ3) is 4.52. The van der Waals surface area contributed by atoms with Gasteiger partial charge in [-0.05, 0) is 48.7 Å². The van der Waals surface area contributed by atoms with E-state index in [1.165, 1.54) is 5.56 Å². The number of nitrogens with one attached hydrogen (secondary N) is 3. The second kappa shape index (κ2) is 9.43. The Labute approximate surface area is 203 Å². The lowest BCUT2D eigenvalue weighted by molar-refractivity contribution is 0.262. The molecule has 8 heteroatoms. The molecule has 3 heterocycles. The van der Waals surface area contributed by atoms with E-state index in [4.69, 9.17) is 0 Å². The summed E-state index contributed by atoms with van der Waals surface area (Å²) in [6, 6.07) is 17.7. The van der Waals surface area contributed by atoms with E-state index < -0.39 is 0 Å². The molecule has 1 atom stereocenters. The minimum absolute atomic E-state index is 0. The van der Waals surface area contributed by atoms with Crippen LogP contribution in [0.15, 0.2) is 67.1 Å². The van der Waals surface area contributed by atoms with Crippen LogP contribution in [0.25, 0.3) is 11.0 Å². The summed E-state index contributed by atoms with van der Waals surface area (Å²) in [5.74, 6) is 1.33. The maximum atomic E-state index is 12.7. The quantitative estimate of drug-likeness (QED) is 0.350. The Balaban J connectivity index is 0.00000160. The van der Waals surface area contributed by atoms with E-state index >= 15 is 0 Å². The van der Waals surface area contributed by atoms with Crippen LogP contribution in [0.1, 0.15) is 28.6 Å². The fourth-order valence-electron chi connectivity index (χ4n) is 4.68. The molecule has 8 nitrogen and oxygen atoms in total. The van der Waals surface area contributed by atoms with Gasteiger partial charge < -0.3 is 25.4 Å². The van der Waals surface area contributed by atoms with Crippen molar-refractivity contribution in [2.24, 2.45) is 0 Å². The van der Waals surface area contributed by atoms with Gasteiger partial charge in [0.25, 0.3) is 0 Å². The number of carbonyl (C=O) groups is 1. The highest BCUT2D eigenvalue weighted by molar-refractivity contribution is 6.01. The number of fused-ring (bicyclic) bond motifs is 1. The van der Waals surface area contributed by atoms with Gasteiger partial charge in [0.05, 0.1) is 16.8 Å². The second-order valence-corrected chi connectivity index (χ2v) is 8.84. The van der Waals surface area contributed by atoms with Crippen molar-refractivity contribution < 1.29 is 9.07 Å². The summed E-state index contributed by atoms with van der Waals surface area (Å²) < 4.78 is 0. The Bertz CT molecular complexity index is 1310. The Morgan fingerprint density at radius 2 is 2.00 bits per heavy atom. The van der Waals surface area contributed by atoms with Crippen molar-refractivity contribution in [1.29, 1.82) is 0 Å². The van der Waals surface area contributed by atoms with Crippen LogP contribution >= 0.6 is 0 Å². The lowest BCUT2D eigenvalue weighted by Crippen LogP contribution is -2.35. The number of anilines is 4. The molecule has 180 valence electrons. The van der Waals surface area contributed by atoms with E-state index in [0.29, 0.717) is 5.92 Å². The molecule has 0 aliphatic carbocycles. The highest BCUT2D eigenvalue weighted by Gasteiger charge is 2.24. The van der Waals surface area contributed by atoms with E-state index in [9.17, 15) is 4.79 Å². The molecule has 1 aliphatic rings. The number of aromatic amines is 1. The minimum Gasteiger partial charge on any atom is -0.376 e. The molecule has 1 fully saturated rings. The van der Waals surface area contributed by atoms with Crippen molar-refractivity contribution in [3.05, 3.63) is 72.7 Å². The average Bonchev–Trinajstić information content (AvgIpc) is 3.33. The van der Waals surface area contributed by atoms with Crippen molar-refractivity contribution in [1.82, 2.24) is 15.0 Å². The summed E-state index contributed by atoms with van der Waals surface area (Å²) in [5, 5.41) is 7.01. The number of benzene rings is 2. The molecular formula is C26H35N7O. The molecular weight excluding hydrogens is 426 g/mol. The fourth-order valence-corrected chi connectivity index (χ4v) is 4.68. The zero-order chi connectivity index (χ0) is 23.5. The SMILES string of the molecule is CN(C)c1ccccc1NC(=O)Nc1cccc(C2CCCN(c3ncnc4[nH]ccc34)C2)c1.[HH].[HH].[HH]. The number of hydrogen-bond acceptors (Lipinski definition) is 5. The molecule has 0 spiro atoms. The third-order valence-electron chi connectivity index (χ3n) is 6.30. The number of amides is 2. The number of piperidine rings is 1. The lowest BCUT2D eigenvalue weighted by Gasteiger charge is -2.34. The Hall–Kier alpha value is -4.07. The van der Waals surface area contributed by atoms with Crippen molar-refractivity contribution in [2.45, 2.75) is 18.8 Å². The number of aromatic nitrogens is 3. The van der Waals surface area contributed by atoms with Crippen molar-refractivity contribution in [3.8, 4) is 0 Å². The predicted molar refractivity (Wildman–Crippen MR) is 144 cm³/mol. The van der Waals surface area contributed by atoms with E-state index in [1.807, 2.05) is 67.7 Å². The molecule has 2 aromatic carbocycles. The van der Waals surface area contributed by atoms with Gasteiger partial charge in [-0.25, -0.2) is 14.8 Å². The van der Waals surface area contributed by atoms with Crippen LogP contribution < -0.4 is 20.4 Å². The van der Waals surface area contributed by atoms with Crippen molar-refractivity contribution in [3.63, 3.8) is 0 Å². The smallest absolute Gasteiger partial charge is 0.323 e. The van der Waals surface area contributed by atoms with E-state index in [-0.39, 0.29) is 10.3 Å². The van der Waals surface area contributed by atoms with Gasteiger partial charge in [0.15, 0.2) is 0 Å². The molecule has 1 unspecified atom stereocenters. The lowest BCUT2D eigenvalue weighted by atomic mass is 9.90. The molecule has 1 aliphatic heterocycles. The summed E-state index contributed by atoms with van der Waals surface area (Å²) in [6.07, 6.45) is 5.71. The standard InChI is InChI=1S/C26H29N7O.3H2/c1-32(2)23-11-4-3-10-22(23)31-26(34)30-20-9-5-7-18(15-20)19-8-6-14-33(16-19)25-21-12-13-27-24(21)28-17-29-25;;;/h3-5,7,9-13,15,17,19H,6,8,14,16H2,1-2H3,(H,27,28,29)(H2,30,31,34);3*1H. The van der Waals surface area contributed by atoms with Crippen LogP contribution in [-0.2, 0) is 0 Å². The van der Waals surface area contributed by atoms with Crippen molar-refractivity contribution in [2.75, 3.05) is 47.6 Å². The van der Waals surface area contributed by atoms with Gasteiger partial charge in [0.2, 0.25) is 0 Å². The number of rotatable bonds is 5. The molecule has 2 aromatic heterocycles. The zero-order valence-corrected chi connectivity index (χ0v) is 19.5. The van der Waals surface area contributed by atoms with E-state index in [0.717, 1.165) is 59.8 Å². The number of H-pyrrole nitrogens is 1. The Morgan fingerprint density at radius 3 is 2.88 bits per heavy atom. The van der Waals surface area contributed by atoms with E-state index in [1.54, 1.807) is 6.33 Å². The molecule has 0 saturated carbocycles. The molecule has 3 N–H and O–H groups in total. The summed E-state index contributed by atoms with van der Waals surface area (Å²) in [6.45, 7) is 1.85. The monoisotopic (exact) mass is 461 g/mol. The number of urea groups is 1. The maximum absolute atomic E-state index is 12.7. The maximum Gasteiger partial charge on any atom is 0.323 e. The van der Waals surface area contributed by atoms with Gasteiger partial charge in [-0.1, -0.05) is 24.3 Å². The van der Waals surface area contributed by atoms with Crippen LogP contribution in [0, 0.1) is 0 Å². The average molecular weight is 462 g/mol. The molecule has 0 radical (unpaired) electrons. The molecule has 34 heavy (non-hydrogen) atoms. The van der Waals surface area contributed by atoms with Crippen LogP contribution in [0.2, 0.25) is 0 Å². The topological polar surface area (TPSA) is 89.2 Å². The van der Waals surface area contributed by atoms with Gasteiger partial charge >= 0.3 is 6.03 Å². The van der Waals surface area contributed by atoms with Gasteiger partial charge in [-0.3, -0.25) is 0 Å². The second-order valence-electron chi connectivity index (χ2n) is 8.84.